The number of nitrogens with two attached hydrogens (primary N) is 1. The molecule has 1 amide bonds. The van der Waals surface area contributed by atoms with Crippen LogP contribution in [0.3, 0.4) is 0 Å². The molecule has 0 radical (unpaired) electrons. The van der Waals surface area contributed by atoms with Crippen LogP contribution in [0.15, 0.2) is 18.2 Å². The second kappa shape index (κ2) is 4.86. The van der Waals surface area contributed by atoms with Crippen molar-refractivity contribution in [1.82, 2.24) is 0 Å². The van der Waals surface area contributed by atoms with Crippen LogP contribution in [-0.2, 0) is 4.79 Å². The molecule has 1 aliphatic rings. The van der Waals surface area contributed by atoms with Crippen molar-refractivity contribution >= 4 is 17.3 Å². The highest BCUT2D eigenvalue weighted by molar-refractivity contribution is 5.96. The molecule has 5 nitrogen and oxygen atoms in total. The van der Waals surface area contributed by atoms with Crippen molar-refractivity contribution in [3.8, 4) is 5.75 Å². The number of benzene rings is 1. The molecular formula is C13H19N3O2. The lowest BCUT2D eigenvalue weighted by molar-refractivity contribution is -0.118. The van der Waals surface area contributed by atoms with E-state index in [1.807, 2.05) is 18.2 Å². The summed E-state index contributed by atoms with van der Waals surface area (Å²) in [4.78, 5) is 11.3. The van der Waals surface area contributed by atoms with Crippen LogP contribution >= 0.6 is 0 Å². The van der Waals surface area contributed by atoms with Crippen LogP contribution < -0.4 is 21.1 Å². The minimum absolute atomic E-state index is 0.0808. The van der Waals surface area contributed by atoms with Gasteiger partial charge in [-0.25, -0.2) is 0 Å². The number of rotatable bonds is 4. The summed E-state index contributed by atoms with van der Waals surface area (Å²) >= 11 is 0. The second-order valence-corrected chi connectivity index (χ2v) is 5.10. The van der Waals surface area contributed by atoms with Gasteiger partial charge < -0.3 is 21.1 Å². The zero-order valence-corrected chi connectivity index (χ0v) is 10.7. The Hall–Kier alpha value is -1.75. The van der Waals surface area contributed by atoms with Crippen molar-refractivity contribution < 1.29 is 9.53 Å². The third kappa shape index (κ3) is 2.92. The number of carbonyl (C=O) groups is 1. The van der Waals surface area contributed by atoms with Crippen molar-refractivity contribution in [2.24, 2.45) is 5.73 Å². The Morgan fingerprint density at radius 3 is 3.00 bits per heavy atom. The first-order valence-corrected chi connectivity index (χ1v) is 6.05. The third-order valence-corrected chi connectivity index (χ3v) is 2.86. The summed E-state index contributed by atoms with van der Waals surface area (Å²) in [6.45, 7) is 4.89. The first-order chi connectivity index (χ1) is 8.50. The highest BCUT2D eigenvalue weighted by Crippen LogP contribution is 2.31. The molecule has 0 saturated carbocycles. The molecule has 1 aliphatic heterocycles. The van der Waals surface area contributed by atoms with Crippen LogP contribution in [0.1, 0.15) is 20.3 Å². The molecule has 1 heterocycles. The van der Waals surface area contributed by atoms with Crippen molar-refractivity contribution in [2.45, 2.75) is 25.8 Å². The number of nitrogens with one attached hydrogen (secondary N) is 2. The van der Waals surface area contributed by atoms with Crippen LogP contribution in [0.25, 0.3) is 0 Å². The second-order valence-electron chi connectivity index (χ2n) is 5.10. The van der Waals surface area contributed by atoms with Crippen LogP contribution in [0, 0.1) is 0 Å². The summed E-state index contributed by atoms with van der Waals surface area (Å²) < 4.78 is 5.31. The lowest BCUT2D eigenvalue weighted by Crippen LogP contribution is -2.33. The maximum atomic E-state index is 11.3. The summed E-state index contributed by atoms with van der Waals surface area (Å²) in [7, 11) is 0. The first-order valence-electron chi connectivity index (χ1n) is 6.05. The molecule has 0 unspecified atom stereocenters. The van der Waals surface area contributed by atoms with Crippen LogP contribution in [0.5, 0.6) is 5.75 Å². The molecule has 1 aromatic carbocycles. The van der Waals surface area contributed by atoms with E-state index in [0.717, 1.165) is 12.1 Å². The first kappa shape index (κ1) is 12.7. The van der Waals surface area contributed by atoms with Gasteiger partial charge in [-0.1, -0.05) is 0 Å². The van der Waals surface area contributed by atoms with Gasteiger partial charge in [0, 0.05) is 11.2 Å². The van der Waals surface area contributed by atoms with Gasteiger partial charge in [0.15, 0.2) is 6.61 Å². The lowest BCUT2D eigenvalue weighted by atomic mass is 10.0. The lowest BCUT2D eigenvalue weighted by Gasteiger charge is -2.28. The average Bonchev–Trinajstić information content (AvgIpc) is 2.27. The zero-order valence-electron chi connectivity index (χ0n) is 10.7. The van der Waals surface area contributed by atoms with E-state index in [9.17, 15) is 4.79 Å². The highest BCUT2D eigenvalue weighted by Gasteiger charge is 2.19. The van der Waals surface area contributed by atoms with Gasteiger partial charge >= 0.3 is 0 Å². The largest absolute Gasteiger partial charge is 0.482 e. The van der Waals surface area contributed by atoms with Gasteiger partial charge in [0.2, 0.25) is 0 Å². The Labute approximate surface area is 107 Å². The van der Waals surface area contributed by atoms with Gasteiger partial charge in [-0.3, -0.25) is 4.79 Å². The Bertz CT molecular complexity index is 458. The van der Waals surface area contributed by atoms with Crippen molar-refractivity contribution in [2.75, 3.05) is 23.8 Å². The fraction of sp³-hybridized carbons (Fsp3) is 0.462. The SMILES string of the molecule is CC(C)(CCN)Nc1ccc2c(c1)NC(=O)CO2. The molecule has 18 heavy (non-hydrogen) atoms. The van der Waals surface area contributed by atoms with Gasteiger partial charge in [-0.05, 0) is 45.0 Å². The number of ether oxygens (including phenoxy) is 1. The Kier molecular flexibility index (Phi) is 3.43. The molecule has 98 valence electrons. The minimum Gasteiger partial charge on any atom is -0.482 e. The molecule has 0 saturated heterocycles. The van der Waals surface area contributed by atoms with Gasteiger partial charge in [0.1, 0.15) is 5.75 Å². The monoisotopic (exact) mass is 249 g/mol. The molecule has 0 fully saturated rings. The van der Waals surface area contributed by atoms with E-state index >= 15 is 0 Å². The quantitative estimate of drug-likeness (QED) is 0.757. The highest BCUT2D eigenvalue weighted by atomic mass is 16.5. The Balaban J connectivity index is 2.16. The zero-order chi connectivity index (χ0) is 13.2. The molecule has 1 aromatic rings. The predicted octanol–water partition coefficient (Wildman–Crippen LogP) is 1.56. The average molecular weight is 249 g/mol. The van der Waals surface area contributed by atoms with E-state index in [1.54, 1.807) is 0 Å². The minimum atomic E-state index is -0.124. The van der Waals surface area contributed by atoms with E-state index in [4.69, 9.17) is 10.5 Å². The number of hydrogen-bond acceptors (Lipinski definition) is 4. The van der Waals surface area contributed by atoms with Crippen LogP contribution in [-0.4, -0.2) is 24.6 Å². The number of fused-ring (bicyclic) bond motifs is 1. The molecule has 0 atom stereocenters. The third-order valence-electron chi connectivity index (χ3n) is 2.86. The Morgan fingerprint density at radius 2 is 2.28 bits per heavy atom. The molecule has 4 N–H and O–H groups in total. The molecule has 0 aliphatic carbocycles. The summed E-state index contributed by atoms with van der Waals surface area (Å²) in [5.41, 5.74) is 7.15. The number of anilines is 2. The Morgan fingerprint density at radius 1 is 1.50 bits per heavy atom. The molecule has 2 rings (SSSR count). The fourth-order valence-electron chi connectivity index (χ4n) is 1.97. The molecule has 0 aromatic heterocycles. The van der Waals surface area contributed by atoms with Gasteiger partial charge in [0.05, 0.1) is 5.69 Å². The van der Waals surface area contributed by atoms with E-state index in [2.05, 4.69) is 24.5 Å². The van der Waals surface area contributed by atoms with E-state index in [0.29, 0.717) is 18.0 Å². The predicted molar refractivity (Wildman–Crippen MR) is 71.9 cm³/mol. The summed E-state index contributed by atoms with van der Waals surface area (Å²) in [5.74, 6) is 0.581. The van der Waals surface area contributed by atoms with Crippen LogP contribution in [0.4, 0.5) is 11.4 Å². The van der Waals surface area contributed by atoms with Crippen LogP contribution in [0.2, 0.25) is 0 Å². The van der Waals surface area contributed by atoms with Gasteiger partial charge in [-0.15, -0.1) is 0 Å². The number of hydrogen-bond donors (Lipinski definition) is 3. The maximum absolute atomic E-state index is 11.3. The summed E-state index contributed by atoms with van der Waals surface area (Å²) in [6, 6.07) is 5.68. The van der Waals surface area contributed by atoms with Crippen molar-refractivity contribution in [3.05, 3.63) is 18.2 Å². The smallest absolute Gasteiger partial charge is 0.262 e. The maximum Gasteiger partial charge on any atom is 0.262 e. The van der Waals surface area contributed by atoms with E-state index in [-0.39, 0.29) is 18.1 Å². The van der Waals surface area contributed by atoms with Crippen molar-refractivity contribution in [3.63, 3.8) is 0 Å². The van der Waals surface area contributed by atoms with E-state index < -0.39 is 0 Å². The fourth-order valence-corrected chi connectivity index (χ4v) is 1.97. The summed E-state index contributed by atoms with van der Waals surface area (Å²) in [6.07, 6.45) is 0.868. The normalized spacial score (nSPS) is 14.5. The van der Waals surface area contributed by atoms with Gasteiger partial charge in [-0.2, -0.15) is 0 Å². The summed E-state index contributed by atoms with van der Waals surface area (Å²) in [5, 5.41) is 6.19. The molecule has 0 bridgehead atoms. The topological polar surface area (TPSA) is 76.4 Å². The number of carbonyl (C=O) groups excluding carboxylic acids is 1. The van der Waals surface area contributed by atoms with Crippen molar-refractivity contribution in [1.29, 1.82) is 0 Å². The standard InChI is InChI=1S/C13H19N3O2/c1-13(2,5-6-14)16-9-3-4-11-10(7-9)15-12(17)8-18-11/h3-4,7,16H,5-6,8,14H2,1-2H3,(H,15,17). The van der Waals surface area contributed by atoms with Gasteiger partial charge in [0.25, 0.3) is 5.91 Å². The number of amides is 1. The molecule has 5 heteroatoms. The molecular weight excluding hydrogens is 230 g/mol. The van der Waals surface area contributed by atoms with E-state index in [1.165, 1.54) is 0 Å². The molecule has 0 spiro atoms.